The Bertz CT molecular complexity index is 327. The Hall–Kier alpha value is -0.360. The van der Waals surface area contributed by atoms with Crippen LogP contribution in [0.3, 0.4) is 0 Å². The van der Waals surface area contributed by atoms with Gasteiger partial charge in [-0.15, -0.1) is 0 Å². The van der Waals surface area contributed by atoms with Crippen molar-refractivity contribution in [3.8, 4) is 0 Å². The first kappa shape index (κ1) is 16.0. The molecular weight excluding hydrogens is 296 g/mol. The van der Waals surface area contributed by atoms with Crippen LogP contribution in [0.2, 0.25) is 0 Å². The first-order valence-electron chi connectivity index (χ1n) is 7.25. The molecule has 4 unspecified atom stereocenters. The lowest BCUT2D eigenvalue weighted by molar-refractivity contribution is -0.169. The fourth-order valence-corrected chi connectivity index (χ4v) is 3.00. The topological polar surface area (TPSA) is 52.6 Å². The number of hydrogen-bond acceptors (Lipinski definition) is 6. The van der Waals surface area contributed by atoms with Crippen LogP contribution in [0.5, 0.6) is 0 Å². The largest absolute Gasteiger partial charge is 0.464 e. The molecule has 0 aromatic rings. The Kier molecular flexibility index (Phi) is 6.08. The summed E-state index contributed by atoms with van der Waals surface area (Å²) in [6, 6.07) is 0. The number of hydrogen-bond donors (Lipinski definition) is 2. The third kappa shape index (κ3) is 4.58. The maximum atomic E-state index is 11.0. The van der Waals surface area contributed by atoms with Crippen LogP contribution in [0.4, 0.5) is 0 Å². The highest BCUT2D eigenvalue weighted by molar-refractivity contribution is 7.81. The SMILES string of the molecule is O=C1OCC1CCC(S)CCC(S)CCC1COC1=O. The van der Waals surface area contributed by atoms with Gasteiger partial charge in [0, 0.05) is 10.5 Å². The second kappa shape index (κ2) is 7.59. The minimum Gasteiger partial charge on any atom is -0.464 e. The molecule has 2 saturated heterocycles. The van der Waals surface area contributed by atoms with Crippen molar-refractivity contribution in [2.45, 2.75) is 49.0 Å². The highest BCUT2D eigenvalue weighted by atomic mass is 32.1. The average Bonchev–Trinajstić information content (AvgIpc) is 2.42. The van der Waals surface area contributed by atoms with Crippen LogP contribution in [0, 0.1) is 11.8 Å². The maximum Gasteiger partial charge on any atom is 0.312 e. The van der Waals surface area contributed by atoms with Crippen molar-refractivity contribution >= 4 is 37.2 Å². The molecule has 0 aromatic carbocycles. The molecule has 0 aliphatic carbocycles. The van der Waals surface area contributed by atoms with Gasteiger partial charge in [0.1, 0.15) is 13.2 Å². The van der Waals surface area contributed by atoms with Crippen molar-refractivity contribution in [3.05, 3.63) is 0 Å². The first-order valence-corrected chi connectivity index (χ1v) is 8.29. The third-order valence-corrected chi connectivity index (χ3v) is 5.08. The molecule has 2 fully saturated rings. The molecule has 2 aliphatic rings. The van der Waals surface area contributed by atoms with E-state index in [9.17, 15) is 9.59 Å². The van der Waals surface area contributed by atoms with E-state index in [-0.39, 0.29) is 23.8 Å². The van der Waals surface area contributed by atoms with E-state index >= 15 is 0 Å². The number of ether oxygens (including phenoxy) is 2. The van der Waals surface area contributed by atoms with Gasteiger partial charge in [0.2, 0.25) is 0 Å². The van der Waals surface area contributed by atoms with Crippen LogP contribution in [-0.4, -0.2) is 35.7 Å². The van der Waals surface area contributed by atoms with Gasteiger partial charge in [0.15, 0.2) is 0 Å². The lowest BCUT2D eigenvalue weighted by Gasteiger charge is -2.26. The van der Waals surface area contributed by atoms with Gasteiger partial charge in [0.25, 0.3) is 0 Å². The van der Waals surface area contributed by atoms with E-state index in [4.69, 9.17) is 9.47 Å². The predicted octanol–water partition coefficient (Wildman–Crippen LogP) is 2.27. The van der Waals surface area contributed by atoms with E-state index in [0.29, 0.717) is 23.7 Å². The lowest BCUT2D eigenvalue weighted by atomic mass is 9.96. The van der Waals surface area contributed by atoms with Crippen LogP contribution < -0.4 is 0 Å². The van der Waals surface area contributed by atoms with Gasteiger partial charge in [-0.05, 0) is 38.5 Å². The van der Waals surface area contributed by atoms with Gasteiger partial charge < -0.3 is 9.47 Å². The molecular formula is C14H22O4S2. The Morgan fingerprint density at radius 3 is 1.50 bits per heavy atom. The standard InChI is InChI=1S/C14H22O4S2/c15-13-9(7-17-13)1-3-11(19)5-6-12(20)4-2-10-8-18-14(10)16/h9-12,19-20H,1-8H2. The third-order valence-electron chi connectivity index (χ3n) is 4.05. The van der Waals surface area contributed by atoms with E-state index in [1.807, 2.05) is 0 Å². The molecule has 114 valence electrons. The van der Waals surface area contributed by atoms with E-state index in [0.717, 1.165) is 38.5 Å². The summed E-state index contributed by atoms with van der Waals surface area (Å²) in [4.78, 5) is 22.0. The van der Waals surface area contributed by atoms with Crippen molar-refractivity contribution in [1.29, 1.82) is 0 Å². The first-order chi connectivity index (χ1) is 9.56. The number of carbonyl (C=O) groups excluding carboxylic acids is 2. The van der Waals surface area contributed by atoms with Gasteiger partial charge >= 0.3 is 11.9 Å². The highest BCUT2D eigenvalue weighted by Crippen LogP contribution is 2.26. The average molecular weight is 318 g/mol. The fraction of sp³-hybridized carbons (Fsp3) is 0.857. The zero-order valence-corrected chi connectivity index (χ0v) is 13.3. The quantitative estimate of drug-likeness (QED) is 0.506. The number of rotatable bonds is 9. The normalized spacial score (nSPS) is 27.9. The molecule has 20 heavy (non-hydrogen) atoms. The maximum absolute atomic E-state index is 11.0. The Labute approximate surface area is 130 Å². The zero-order valence-electron chi connectivity index (χ0n) is 11.5. The number of thiol groups is 2. The molecule has 0 radical (unpaired) electrons. The van der Waals surface area contributed by atoms with Gasteiger partial charge in [-0.25, -0.2) is 0 Å². The molecule has 2 rings (SSSR count). The zero-order chi connectivity index (χ0) is 14.5. The monoisotopic (exact) mass is 318 g/mol. The molecule has 0 spiro atoms. The minimum absolute atomic E-state index is 0.0648. The second-order valence-corrected chi connectivity index (χ2v) is 7.15. The van der Waals surface area contributed by atoms with Gasteiger partial charge in [-0.3, -0.25) is 9.59 Å². The molecule has 0 saturated carbocycles. The molecule has 0 bridgehead atoms. The minimum atomic E-state index is -0.0648. The van der Waals surface area contributed by atoms with E-state index in [1.54, 1.807) is 0 Å². The second-order valence-electron chi connectivity index (χ2n) is 5.69. The summed E-state index contributed by atoms with van der Waals surface area (Å²) in [6.07, 6.45) is 5.62. The number of esters is 2. The summed E-state index contributed by atoms with van der Waals surface area (Å²) >= 11 is 9.13. The number of cyclic esters (lactones) is 2. The summed E-state index contributed by atoms with van der Waals surface area (Å²) in [5.74, 6) is 0.0668. The van der Waals surface area contributed by atoms with Crippen molar-refractivity contribution in [3.63, 3.8) is 0 Å². The predicted molar refractivity (Wildman–Crippen MR) is 82.1 cm³/mol. The van der Waals surface area contributed by atoms with E-state index in [1.165, 1.54) is 0 Å². The van der Waals surface area contributed by atoms with Crippen molar-refractivity contribution in [2.75, 3.05) is 13.2 Å². The van der Waals surface area contributed by atoms with Crippen molar-refractivity contribution < 1.29 is 19.1 Å². The van der Waals surface area contributed by atoms with Crippen LogP contribution in [-0.2, 0) is 19.1 Å². The lowest BCUT2D eigenvalue weighted by Crippen LogP contribution is -2.35. The highest BCUT2D eigenvalue weighted by Gasteiger charge is 2.31. The van der Waals surface area contributed by atoms with Gasteiger partial charge in [-0.2, -0.15) is 25.3 Å². The fourth-order valence-electron chi connectivity index (χ4n) is 2.40. The van der Waals surface area contributed by atoms with Crippen LogP contribution in [0.15, 0.2) is 0 Å². The van der Waals surface area contributed by atoms with Crippen LogP contribution >= 0.6 is 25.3 Å². The molecule has 2 heterocycles. The summed E-state index contributed by atoms with van der Waals surface area (Å²) in [5.41, 5.74) is 0. The Morgan fingerprint density at radius 1 is 0.850 bits per heavy atom. The summed E-state index contributed by atoms with van der Waals surface area (Å²) in [6.45, 7) is 1.15. The van der Waals surface area contributed by atoms with E-state index in [2.05, 4.69) is 25.3 Å². The van der Waals surface area contributed by atoms with Gasteiger partial charge in [0.05, 0.1) is 11.8 Å². The molecule has 0 aromatic heterocycles. The summed E-state index contributed by atoms with van der Waals surface area (Å²) in [5, 5.41) is 0.624. The Morgan fingerprint density at radius 2 is 1.25 bits per heavy atom. The van der Waals surface area contributed by atoms with Crippen LogP contribution in [0.1, 0.15) is 38.5 Å². The van der Waals surface area contributed by atoms with Gasteiger partial charge in [-0.1, -0.05) is 0 Å². The molecule has 6 heteroatoms. The summed E-state index contributed by atoms with van der Waals surface area (Å²) in [7, 11) is 0. The van der Waals surface area contributed by atoms with Crippen LogP contribution in [0.25, 0.3) is 0 Å². The smallest absolute Gasteiger partial charge is 0.312 e. The van der Waals surface area contributed by atoms with Crippen molar-refractivity contribution in [1.82, 2.24) is 0 Å². The summed E-state index contributed by atoms with van der Waals surface area (Å²) < 4.78 is 9.48. The molecule has 0 amide bonds. The Balaban J connectivity index is 1.49. The molecule has 0 N–H and O–H groups in total. The number of carbonyl (C=O) groups is 2. The van der Waals surface area contributed by atoms with E-state index < -0.39 is 0 Å². The van der Waals surface area contributed by atoms with Crippen molar-refractivity contribution in [2.24, 2.45) is 11.8 Å². The molecule has 4 atom stereocenters. The molecule has 4 nitrogen and oxygen atoms in total. The molecule has 2 aliphatic heterocycles.